The van der Waals surface area contributed by atoms with E-state index in [1.807, 2.05) is 0 Å². The number of amides is 1. The Bertz CT molecular complexity index is 686. The van der Waals surface area contributed by atoms with Crippen molar-refractivity contribution < 1.29 is 13.9 Å². The number of nitrogens with one attached hydrogen (secondary N) is 2. The lowest BCUT2D eigenvalue weighted by atomic mass is 9.87. The highest BCUT2D eigenvalue weighted by molar-refractivity contribution is 5.94. The molecule has 0 saturated carbocycles. The van der Waals surface area contributed by atoms with Crippen LogP contribution >= 0.6 is 0 Å². The zero-order valence-electron chi connectivity index (χ0n) is 15.5. The molecule has 2 aliphatic heterocycles. The van der Waals surface area contributed by atoms with Crippen molar-refractivity contribution in [1.82, 2.24) is 15.5 Å². The molecule has 0 aromatic heterocycles. The minimum Gasteiger partial charge on any atom is -0.381 e. The van der Waals surface area contributed by atoms with Gasteiger partial charge in [-0.15, -0.1) is 0 Å². The van der Waals surface area contributed by atoms with Crippen LogP contribution in [0, 0.1) is 18.2 Å². The molecule has 2 aliphatic rings. The normalized spacial score (nSPS) is 22.9. The fraction of sp³-hybridized carbons (Fsp3) is 0.579. The van der Waals surface area contributed by atoms with Gasteiger partial charge in [-0.2, -0.15) is 0 Å². The Balaban J connectivity index is 1.43. The van der Waals surface area contributed by atoms with Gasteiger partial charge in [0, 0.05) is 50.8 Å². The van der Waals surface area contributed by atoms with E-state index in [-0.39, 0.29) is 17.1 Å². The second-order valence-corrected chi connectivity index (χ2v) is 7.17. The number of guanidine groups is 1. The van der Waals surface area contributed by atoms with Crippen LogP contribution < -0.4 is 10.6 Å². The third-order valence-electron chi connectivity index (χ3n) is 5.26. The van der Waals surface area contributed by atoms with Gasteiger partial charge in [0.25, 0.3) is 5.91 Å². The number of aliphatic imine (C=N–C) groups is 1. The number of aryl methyl sites for hydroxylation is 1. The van der Waals surface area contributed by atoms with E-state index in [9.17, 15) is 9.18 Å². The molecule has 2 heterocycles. The lowest BCUT2D eigenvalue weighted by Crippen LogP contribution is -2.44. The van der Waals surface area contributed by atoms with E-state index in [4.69, 9.17) is 4.74 Å². The molecule has 7 heteroatoms. The zero-order chi connectivity index (χ0) is 18.6. The van der Waals surface area contributed by atoms with Crippen molar-refractivity contribution in [3.63, 3.8) is 0 Å². The van der Waals surface area contributed by atoms with E-state index in [0.29, 0.717) is 24.2 Å². The number of nitrogens with zero attached hydrogens (tertiary/aromatic N) is 2. The third-order valence-corrected chi connectivity index (χ3v) is 5.26. The standard InChI is InChI=1S/C19H27FN4O2/c1-14-3-4-15(11-16(14)20)17(25)22-7-8-23-18(21-2)24-9-5-19(12-24)6-10-26-13-19/h3-4,11H,5-10,12-13H2,1-2H3,(H,21,23)(H,22,25). The minimum absolute atomic E-state index is 0.274. The average molecular weight is 362 g/mol. The Morgan fingerprint density at radius 1 is 1.35 bits per heavy atom. The van der Waals surface area contributed by atoms with Crippen molar-refractivity contribution in [2.24, 2.45) is 10.4 Å². The first kappa shape index (κ1) is 18.6. The van der Waals surface area contributed by atoms with E-state index in [1.165, 1.54) is 6.07 Å². The molecule has 0 aliphatic carbocycles. The fourth-order valence-corrected chi connectivity index (χ4v) is 3.61. The molecule has 1 amide bonds. The summed E-state index contributed by atoms with van der Waals surface area (Å²) in [7, 11) is 1.77. The maximum Gasteiger partial charge on any atom is 0.251 e. The lowest BCUT2D eigenvalue weighted by molar-refractivity contribution is 0.0954. The van der Waals surface area contributed by atoms with Crippen LogP contribution in [0.2, 0.25) is 0 Å². The van der Waals surface area contributed by atoms with Crippen LogP contribution in [-0.2, 0) is 4.74 Å². The van der Waals surface area contributed by atoms with Crippen LogP contribution in [0.3, 0.4) is 0 Å². The number of ether oxygens (including phenoxy) is 1. The highest BCUT2D eigenvalue weighted by Gasteiger charge is 2.42. The largest absolute Gasteiger partial charge is 0.381 e. The van der Waals surface area contributed by atoms with Crippen LogP contribution in [0.1, 0.15) is 28.8 Å². The summed E-state index contributed by atoms with van der Waals surface area (Å²) in [5.74, 6) is 0.211. The molecule has 0 bridgehead atoms. The van der Waals surface area contributed by atoms with Gasteiger partial charge < -0.3 is 20.3 Å². The van der Waals surface area contributed by atoms with Gasteiger partial charge in [0.05, 0.1) is 6.61 Å². The van der Waals surface area contributed by atoms with Crippen LogP contribution in [0.5, 0.6) is 0 Å². The summed E-state index contributed by atoms with van der Waals surface area (Å²) in [5.41, 5.74) is 1.14. The summed E-state index contributed by atoms with van der Waals surface area (Å²) in [6.07, 6.45) is 2.24. The maximum absolute atomic E-state index is 13.6. The molecular formula is C19H27FN4O2. The smallest absolute Gasteiger partial charge is 0.251 e. The molecule has 0 radical (unpaired) electrons. The predicted octanol–water partition coefficient (Wildman–Crippen LogP) is 1.55. The van der Waals surface area contributed by atoms with Crippen molar-refractivity contribution >= 4 is 11.9 Å². The molecule has 1 aromatic carbocycles. The predicted molar refractivity (Wildman–Crippen MR) is 98.9 cm³/mol. The van der Waals surface area contributed by atoms with E-state index in [2.05, 4.69) is 20.5 Å². The van der Waals surface area contributed by atoms with Gasteiger partial charge in [0.2, 0.25) is 0 Å². The molecule has 1 atom stereocenters. The molecule has 26 heavy (non-hydrogen) atoms. The lowest BCUT2D eigenvalue weighted by Gasteiger charge is -2.25. The Labute approximate surface area is 153 Å². The SMILES string of the molecule is CN=C(NCCNC(=O)c1ccc(C)c(F)c1)N1CCC2(CCOC2)C1. The number of halogens is 1. The van der Waals surface area contributed by atoms with Gasteiger partial charge in [0.1, 0.15) is 5.82 Å². The van der Waals surface area contributed by atoms with E-state index in [0.717, 1.165) is 45.1 Å². The number of rotatable bonds is 4. The Kier molecular flexibility index (Phi) is 5.76. The van der Waals surface area contributed by atoms with Crippen LogP contribution in [-0.4, -0.2) is 63.2 Å². The Morgan fingerprint density at radius 3 is 2.85 bits per heavy atom. The van der Waals surface area contributed by atoms with E-state index < -0.39 is 0 Å². The van der Waals surface area contributed by atoms with Gasteiger partial charge >= 0.3 is 0 Å². The molecular weight excluding hydrogens is 335 g/mol. The van der Waals surface area contributed by atoms with Crippen molar-refractivity contribution in [2.45, 2.75) is 19.8 Å². The minimum atomic E-state index is -0.366. The summed E-state index contributed by atoms with van der Waals surface area (Å²) >= 11 is 0. The Morgan fingerprint density at radius 2 is 2.15 bits per heavy atom. The Hall–Kier alpha value is -2.15. The number of hydrogen-bond acceptors (Lipinski definition) is 3. The number of carbonyl (C=O) groups excluding carboxylic acids is 1. The summed E-state index contributed by atoms with van der Waals surface area (Å²) in [5, 5.41) is 6.09. The van der Waals surface area contributed by atoms with Gasteiger partial charge in [-0.3, -0.25) is 9.79 Å². The fourth-order valence-electron chi connectivity index (χ4n) is 3.61. The average Bonchev–Trinajstić information content (AvgIpc) is 3.27. The van der Waals surface area contributed by atoms with Crippen molar-refractivity contribution in [3.05, 3.63) is 35.1 Å². The van der Waals surface area contributed by atoms with E-state index in [1.54, 1.807) is 26.1 Å². The molecule has 1 spiro atoms. The second-order valence-electron chi connectivity index (χ2n) is 7.17. The first-order valence-corrected chi connectivity index (χ1v) is 9.11. The molecule has 3 rings (SSSR count). The molecule has 142 valence electrons. The quantitative estimate of drug-likeness (QED) is 0.485. The summed E-state index contributed by atoms with van der Waals surface area (Å²) < 4.78 is 19.1. The molecule has 1 aromatic rings. The highest BCUT2D eigenvalue weighted by atomic mass is 19.1. The summed E-state index contributed by atoms with van der Waals surface area (Å²) in [4.78, 5) is 18.7. The molecule has 1 unspecified atom stereocenters. The van der Waals surface area contributed by atoms with Crippen molar-refractivity contribution in [2.75, 3.05) is 46.4 Å². The van der Waals surface area contributed by atoms with Crippen molar-refractivity contribution in [3.8, 4) is 0 Å². The van der Waals surface area contributed by atoms with Gasteiger partial charge in [-0.05, 0) is 37.5 Å². The summed E-state index contributed by atoms with van der Waals surface area (Å²) in [6.45, 7) is 6.30. The topological polar surface area (TPSA) is 66.0 Å². The zero-order valence-corrected chi connectivity index (χ0v) is 15.5. The molecule has 2 fully saturated rings. The van der Waals surface area contributed by atoms with Gasteiger partial charge in [-0.25, -0.2) is 4.39 Å². The highest BCUT2D eigenvalue weighted by Crippen LogP contribution is 2.38. The van der Waals surface area contributed by atoms with Crippen molar-refractivity contribution in [1.29, 1.82) is 0 Å². The monoisotopic (exact) mass is 362 g/mol. The van der Waals surface area contributed by atoms with Crippen LogP contribution in [0.25, 0.3) is 0 Å². The van der Waals surface area contributed by atoms with E-state index >= 15 is 0 Å². The second kappa shape index (κ2) is 8.03. The molecule has 2 N–H and O–H groups in total. The number of benzene rings is 1. The first-order valence-electron chi connectivity index (χ1n) is 9.11. The van der Waals surface area contributed by atoms with Crippen LogP contribution in [0.4, 0.5) is 4.39 Å². The molecule has 6 nitrogen and oxygen atoms in total. The van der Waals surface area contributed by atoms with Gasteiger partial charge in [0.15, 0.2) is 5.96 Å². The number of carbonyl (C=O) groups is 1. The number of hydrogen-bond donors (Lipinski definition) is 2. The number of likely N-dealkylation sites (tertiary alicyclic amines) is 1. The molecule has 2 saturated heterocycles. The summed E-state index contributed by atoms with van der Waals surface area (Å²) in [6, 6.07) is 4.51. The first-order chi connectivity index (χ1) is 12.5. The van der Waals surface area contributed by atoms with Crippen LogP contribution in [0.15, 0.2) is 23.2 Å². The maximum atomic E-state index is 13.6. The van der Waals surface area contributed by atoms with Gasteiger partial charge in [-0.1, -0.05) is 6.07 Å². The third kappa shape index (κ3) is 4.15.